The zero-order valence-electron chi connectivity index (χ0n) is 26.2. The van der Waals surface area contributed by atoms with E-state index in [1.807, 2.05) is 0 Å². The molecule has 2 aliphatic carbocycles. The third-order valence-corrected chi connectivity index (χ3v) is 10.1. The van der Waals surface area contributed by atoms with E-state index in [0.29, 0.717) is 47.1 Å². The first-order valence-corrected chi connectivity index (χ1v) is 16.3. The number of phenolic OH excluding ortho intramolecular Hbond substituents is 1. The number of phenols is 1. The molecule has 3 aromatic rings. The molecule has 5 rings (SSSR count). The number of aromatic amines is 1. The molecule has 45 heavy (non-hydrogen) atoms. The number of anilines is 1. The Morgan fingerprint density at radius 1 is 1.13 bits per heavy atom. The quantitative estimate of drug-likeness (QED) is 0.160. The van der Waals surface area contributed by atoms with Gasteiger partial charge in [0.25, 0.3) is 0 Å². The smallest absolute Gasteiger partial charge is 0.411 e. The fourth-order valence-corrected chi connectivity index (χ4v) is 7.63. The van der Waals surface area contributed by atoms with Gasteiger partial charge in [0, 0.05) is 48.3 Å². The van der Waals surface area contributed by atoms with Gasteiger partial charge >= 0.3 is 6.09 Å². The zero-order valence-corrected chi connectivity index (χ0v) is 26.9. The number of nitrogens with zero attached hydrogens (tertiary/aromatic N) is 1. The lowest BCUT2D eigenvalue weighted by atomic mass is 9.71. The lowest BCUT2D eigenvalue weighted by molar-refractivity contribution is 0.00820. The van der Waals surface area contributed by atoms with Crippen molar-refractivity contribution in [1.29, 1.82) is 0 Å². The predicted molar refractivity (Wildman–Crippen MR) is 176 cm³/mol. The van der Waals surface area contributed by atoms with Crippen LogP contribution >= 0.6 is 11.6 Å². The van der Waals surface area contributed by atoms with Gasteiger partial charge in [-0.1, -0.05) is 49.8 Å². The number of aliphatic hydroxyl groups is 1. The van der Waals surface area contributed by atoms with Crippen molar-refractivity contribution in [2.24, 2.45) is 5.92 Å². The molecule has 0 saturated heterocycles. The van der Waals surface area contributed by atoms with Crippen LogP contribution in [0.15, 0.2) is 41.2 Å². The third kappa shape index (κ3) is 7.57. The van der Waals surface area contributed by atoms with Crippen LogP contribution in [0.5, 0.6) is 11.5 Å². The van der Waals surface area contributed by atoms with E-state index in [1.165, 1.54) is 77.0 Å². The van der Waals surface area contributed by atoms with Crippen LogP contribution in [-0.2, 0) is 11.3 Å². The Bertz CT molecular complexity index is 1530. The lowest BCUT2D eigenvalue weighted by Crippen LogP contribution is -2.53. The predicted octanol–water partition coefficient (Wildman–Crippen LogP) is 6.09. The van der Waals surface area contributed by atoms with Crippen LogP contribution in [-0.4, -0.2) is 65.6 Å². The van der Waals surface area contributed by atoms with Crippen LogP contribution in [0, 0.1) is 5.92 Å². The van der Waals surface area contributed by atoms with E-state index >= 15 is 0 Å². The van der Waals surface area contributed by atoms with Crippen LogP contribution in [0.3, 0.4) is 0 Å². The highest BCUT2D eigenvalue weighted by molar-refractivity contribution is 6.33. The number of pyridine rings is 1. The molecule has 0 bridgehead atoms. The fourth-order valence-electron chi connectivity index (χ4n) is 7.39. The molecule has 2 aromatic carbocycles. The van der Waals surface area contributed by atoms with Gasteiger partial charge in [-0.2, -0.15) is 0 Å². The van der Waals surface area contributed by atoms with Gasteiger partial charge < -0.3 is 30.0 Å². The molecule has 1 atom stereocenters. The largest absolute Gasteiger partial charge is 0.506 e. The van der Waals surface area contributed by atoms with Gasteiger partial charge in [0.1, 0.15) is 18.1 Å². The molecule has 5 N–H and O–H groups in total. The number of H-pyrrole nitrogens is 1. The normalized spacial score (nSPS) is 17.4. The first kappa shape index (κ1) is 33.1. The topological polar surface area (TPSA) is 136 Å². The van der Waals surface area contributed by atoms with Crippen molar-refractivity contribution >= 4 is 34.3 Å². The Morgan fingerprint density at radius 3 is 2.62 bits per heavy atom. The summed E-state index contributed by atoms with van der Waals surface area (Å²) >= 11 is 6.55. The summed E-state index contributed by atoms with van der Waals surface area (Å²) in [6.45, 7) is 1.49. The maximum absolute atomic E-state index is 12.7. The number of fused-ring (bicyclic) bond motifs is 1. The van der Waals surface area contributed by atoms with Crippen LogP contribution in [0.2, 0.25) is 5.02 Å². The molecule has 244 valence electrons. The average Bonchev–Trinajstić information content (AvgIpc) is 3.59. The van der Waals surface area contributed by atoms with Crippen LogP contribution < -0.4 is 20.9 Å². The fraction of sp³-hybridized carbons (Fsp3) is 0.529. The summed E-state index contributed by atoms with van der Waals surface area (Å²) in [5.74, 6) is 1.18. The second-order valence-electron chi connectivity index (χ2n) is 12.4. The molecule has 0 spiro atoms. The van der Waals surface area contributed by atoms with Gasteiger partial charge in [-0.05, 0) is 62.4 Å². The standard InChI is InChI=1S/C34H45ClN4O6/c1-39(34(14-6-3-7-15-34)23-8-4-5-9-23)16-17-45-33(43)37-27-19-30(44-2)22(18-26(27)35)20-36-21-29(41)24-10-12-28(40)32-25(24)11-13-31(42)38-32/h10-13,18-19,23,29,36,40-41H,3-9,14-17,20-21H2,1-2H3,(H,37,43)(H,38,42)/t29-/m1/s1. The molecule has 0 aliphatic heterocycles. The second kappa shape index (κ2) is 14.9. The number of rotatable bonds is 12. The first-order valence-electron chi connectivity index (χ1n) is 16.0. The minimum Gasteiger partial charge on any atom is -0.506 e. The number of hydrogen-bond donors (Lipinski definition) is 5. The van der Waals surface area contributed by atoms with Gasteiger partial charge in [-0.15, -0.1) is 0 Å². The van der Waals surface area contributed by atoms with E-state index in [1.54, 1.807) is 24.3 Å². The maximum Gasteiger partial charge on any atom is 0.411 e. The Labute approximate surface area is 269 Å². The molecule has 11 heteroatoms. The van der Waals surface area contributed by atoms with E-state index < -0.39 is 12.2 Å². The molecule has 1 aromatic heterocycles. The van der Waals surface area contributed by atoms with Gasteiger partial charge in [-0.3, -0.25) is 15.0 Å². The van der Waals surface area contributed by atoms with Crippen molar-refractivity contribution in [1.82, 2.24) is 15.2 Å². The molecule has 2 aliphatic rings. The average molecular weight is 641 g/mol. The number of benzene rings is 2. The molecule has 0 radical (unpaired) electrons. The lowest BCUT2D eigenvalue weighted by Gasteiger charge is -2.49. The summed E-state index contributed by atoms with van der Waals surface area (Å²) in [5, 5.41) is 27.8. The highest BCUT2D eigenvalue weighted by atomic mass is 35.5. The minimum atomic E-state index is -0.915. The van der Waals surface area contributed by atoms with Crippen molar-refractivity contribution in [2.45, 2.75) is 76.0 Å². The number of aromatic hydroxyl groups is 1. The summed E-state index contributed by atoms with van der Waals surface area (Å²) in [7, 11) is 3.72. The van der Waals surface area contributed by atoms with Crippen molar-refractivity contribution < 1.29 is 24.5 Å². The molecule has 1 heterocycles. The third-order valence-electron chi connectivity index (χ3n) is 9.78. The number of aliphatic hydroxyl groups excluding tert-OH is 1. The molecule has 2 saturated carbocycles. The number of halogens is 1. The summed E-state index contributed by atoms with van der Waals surface area (Å²) < 4.78 is 11.1. The molecule has 0 unspecified atom stereocenters. The van der Waals surface area contributed by atoms with Crippen LogP contribution in [0.4, 0.5) is 10.5 Å². The molecule has 10 nitrogen and oxygen atoms in total. The van der Waals surface area contributed by atoms with Crippen molar-refractivity contribution in [3.05, 3.63) is 62.9 Å². The Kier molecular flexibility index (Phi) is 10.9. The van der Waals surface area contributed by atoms with Crippen molar-refractivity contribution in [3.8, 4) is 11.5 Å². The number of likely N-dealkylation sites (N-methyl/N-ethyl adjacent to an activating group) is 1. The van der Waals surface area contributed by atoms with Gasteiger partial charge in [0.2, 0.25) is 5.56 Å². The number of carbonyl (C=O) groups excluding carboxylic acids is 1. The van der Waals surface area contributed by atoms with E-state index in [4.69, 9.17) is 21.1 Å². The van der Waals surface area contributed by atoms with Crippen LogP contribution in [0.25, 0.3) is 10.9 Å². The van der Waals surface area contributed by atoms with Crippen LogP contribution in [0.1, 0.15) is 75.0 Å². The van der Waals surface area contributed by atoms with E-state index in [2.05, 4.69) is 27.6 Å². The van der Waals surface area contributed by atoms with E-state index in [-0.39, 0.29) is 28.9 Å². The Morgan fingerprint density at radius 2 is 1.89 bits per heavy atom. The number of nitrogens with one attached hydrogen (secondary N) is 3. The minimum absolute atomic E-state index is 0.0666. The van der Waals surface area contributed by atoms with Gasteiger partial charge in [-0.25, -0.2) is 4.79 Å². The van der Waals surface area contributed by atoms with Gasteiger partial charge in [0.15, 0.2) is 0 Å². The number of carbonyl (C=O) groups is 1. The summed E-state index contributed by atoms with van der Waals surface area (Å²) in [5.41, 5.74) is 1.84. The summed E-state index contributed by atoms with van der Waals surface area (Å²) in [4.78, 5) is 29.5. The Hall–Kier alpha value is -3.31. The number of ether oxygens (including phenoxy) is 2. The number of aromatic nitrogens is 1. The van der Waals surface area contributed by atoms with Gasteiger partial charge in [0.05, 0.1) is 29.4 Å². The van der Waals surface area contributed by atoms with E-state index in [9.17, 15) is 19.8 Å². The zero-order chi connectivity index (χ0) is 32.0. The number of hydrogen-bond acceptors (Lipinski definition) is 8. The highest BCUT2D eigenvalue weighted by Crippen LogP contribution is 2.46. The summed E-state index contributed by atoms with van der Waals surface area (Å²) in [6, 6.07) is 9.36. The van der Waals surface area contributed by atoms with Crippen molar-refractivity contribution in [3.63, 3.8) is 0 Å². The SMILES string of the molecule is COc1cc(NC(=O)OCCN(C)C2(C3CCCC3)CCCCC2)c(Cl)cc1CNC[C@@H](O)c1ccc(O)c2[nH]c(=O)ccc12. The Balaban J connectivity index is 1.14. The number of methoxy groups -OCH3 is 1. The maximum atomic E-state index is 12.7. The highest BCUT2D eigenvalue weighted by Gasteiger charge is 2.43. The molecule has 2 fully saturated rings. The number of amides is 1. The summed E-state index contributed by atoms with van der Waals surface area (Å²) in [6.07, 6.45) is 10.1. The molecular weight excluding hydrogens is 596 g/mol. The monoisotopic (exact) mass is 640 g/mol. The molecule has 1 amide bonds. The van der Waals surface area contributed by atoms with Crippen molar-refractivity contribution in [2.75, 3.05) is 39.2 Å². The first-order chi connectivity index (χ1) is 21.7. The second-order valence-corrected chi connectivity index (χ2v) is 12.8. The molecular formula is C34H45ClN4O6. The van der Waals surface area contributed by atoms with E-state index in [0.717, 1.165) is 11.5 Å².